The number of aromatic amines is 1. The molecule has 0 bridgehead atoms. The summed E-state index contributed by atoms with van der Waals surface area (Å²) in [6.07, 6.45) is 7.55. The fourth-order valence-electron chi connectivity index (χ4n) is 2.46. The number of aromatic nitrogens is 3. The summed E-state index contributed by atoms with van der Waals surface area (Å²) in [5.74, 6) is 0.392. The minimum absolute atomic E-state index is 0.257. The molecule has 2 aromatic heterocycles. The fourth-order valence-corrected chi connectivity index (χ4v) is 2.46. The van der Waals surface area contributed by atoms with E-state index >= 15 is 0 Å². The Labute approximate surface area is 140 Å². The molecule has 1 aromatic carbocycles. The molecule has 24 heavy (non-hydrogen) atoms. The number of carbonyl (C=O) groups excluding carboxylic acids is 1. The Hall–Kier alpha value is -3.15. The highest BCUT2D eigenvalue weighted by Crippen LogP contribution is 2.18. The van der Waals surface area contributed by atoms with E-state index in [0.29, 0.717) is 18.1 Å². The third kappa shape index (κ3) is 3.60. The zero-order chi connectivity index (χ0) is 16.8. The van der Waals surface area contributed by atoms with Crippen LogP contribution in [0, 0.1) is 0 Å². The van der Waals surface area contributed by atoms with Crippen molar-refractivity contribution in [3.63, 3.8) is 0 Å². The van der Waals surface area contributed by atoms with Crippen molar-refractivity contribution in [2.24, 2.45) is 0 Å². The quantitative estimate of drug-likeness (QED) is 0.584. The van der Waals surface area contributed by atoms with Gasteiger partial charge in [-0.05, 0) is 18.1 Å². The second-order valence-electron chi connectivity index (χ2n) is 5.32. The topological polar surface area (TPSA) is 82.7 Å². The molecule has 6 heteroatoms. The minimum Gasteiger partial charge on any atom is -0.368 e. The van der Waals surface area contributed by atoms with Crippen molar-refractivity contribution in [3.05, 3.63) is 66.8 Å². The van der Waals surface area contributed by atoms with Crippen molar-refractivity contribution in [1.82, 2.24) is 20.3 Å². The van der Waals surface area contributed by atoms with E-state index in [1.54, 1.807) is 12.3 Å². The van der Waals surface area contributed by atoms with Crippen LogP contribution in [0.4, 0.5) is 5.82 Å². The summed E-state index contributed by atoms with van der Waals surface area (Å²) in [6.45, 7) is 4.69. The zero-order valence-electron chi connectivity index (χ0n) is 13.2. The van der Waals surface area contributed by atoms with Crippen LogP contribution in [0.3, 0.4) is 0 Å². The summed E-state index contributed by atoms with van der Waals surface area (Å²) in [5.41, 5.74) is 2.69. The molecule has 0 saturated carbocycles. The van der Waals surface area contributed by atoms with E-state index < -0.39 is 0 Å². The highest BCUT2D eigenvalue weighted by molar-refractivity contribution is 5.92. The van der Waals surface area contributed by atoms with Crippen LogP contribution in [-0.2, 0) is 6.42 Å². The molecule has 6 nitrogen and oxygen atoms in total. The standard InChI is InChI=1S/C18H19N5O/c1-2-8-20-18(24)16-11-23-17(12-22-16)19-9-7-13-10-21-15-6-4-3-5-14(13)15/h2-6,10-12,21H,1,7-9H2,(H,19,23)(H,20,24). The van der Waals surface area contributed by atoms with Gasteiger partial charge in [0.15, 0.2) is 0 Å². The number of nitrogens with zero attached hydrogens (tertiary/aromatic N) is 2. The molecule has 0 aliphatic carbocycles. The second kappa shape index (κ2) is 7.41. The third-order valence-corrected chi connectivity index (χ3v) is 3.67. The first-order valence-corrected chi connectivity index (χ1v) is 7.78. The normalized spacial score (nSPS) is 10.5. The van der Waals surface area contributed by atoms with Gasteiger partial charge in [0.1, 0.15) is 11.5 Å². The average molecular weight is 321 g/mol. The third-order valence-electron chi connectivity index (χ3n) is 3.67. The number of hydrogen-bond acceptors (Lipinski definition) is 4. The smallest absolute Gasteiger partial charge is 0.271 e. The number of benzene rings is 1. The summed E-state index contributed by atoms with van der Waals surface area (Å²) in [6, 6.07) is 8.23. The number of nitrogens with one attached hydrogen (secondary N) is 3. The molecule has 3 N–H and O–H groups in total. The van der Waals surface area contributed by atoms with Gasteiger partial charge in [0.2, 0.25) is 0 Å². The van der Waals surface area contributed by atoms with Gasteiger partial charge in [-0.2, -0.15) is 0 Å². The number of hydrogen-bond donors (Lipinski definition) is 3. The fraction of sp³-hybridized carbons (Fsp3) is 0.167. The number of carbonyl (C=O) groups is 1. The molecule has 2 heterocycles. The Morgan fingerprint density at radius 2 is 2.12 bits per heavy atom. The molecule has 3 aromatic rings. The summed E-state index contributed by atoms with van der Waals surface area (Å²) >= 11 is 0. The van der Waals surface area contributed by atoms with Crippen LogP contribution in [0.15, 0.2) is 55.5 Å². The van der Waals surface area contributed by atoms with E-state index in [1.807, 2.05) is 18.3 Å². The van der Waals surface area contributed by atoms with Gasteiger partial charge in [0.05, 0.1) is 12.4 Å². The van der Waals surface area contributed by atoms with Crippen LogP contribution < -0.4 is 10.6 Å². The molecule has 0 radical (unpaired) electrons. The Balaban J connectivity index is 1.55. The van der Waals surface area contributed by atoms with Gasteiger partial charge in [-0.25, -0.2) is 9.97 Å². The van der Waals surface area contributed by atoms with Gasteiger partial charge >= 0.3 is 0 Å². The van der Waals surface area contributed by atoms with Crippen LogP contribution in [-0.4, -0.2) is 33.9 Å². The highest BCUT2D eigenvalue weighted by Gasteiger charge is 2.07. The van der Waals surface area contributed by atoms with E-state index in [4.69, 9.17) is 0 Å². The Morgan fingerprint density at radius 3 is 2.92 bits per heavy atom. The number of H-pyrrole nitrogens is 1. The number of rotatable bonds is 7. The number of amides is 1. The van der Waals surface area contributed by atoms with Crippen LogP contribution in [0.25, 0.3) is 10.9 Å². The number of para-hydroxylation sites is 1. The number of fused-ring (bicyclic) bond motifs is 1. The van der Waals surface area contributed by atoms with Crippen molar-refractivity contribution in [1.29, 1.82) is 0 Å². The molecule has 0 saturated heterocycles. The minimum atomic E-state index is -0.257. The molecule has 3 rings (SSSR count). The van der Waals surface area contributed by atoms with Crippen LogP contribution >= 0.6 is 0 Å². The first kappa shape index (κ1) is 15.7. The Kier molecular flexibility index (Phi) is 4.86. The molecule has 0 aliphatic heterocycles. The maximum atomic E-state index is 11.7. The lowest BCUT2D eigenvalue weighted by Crippen LogP contribution is -2.24. The molecule has 1 amide bonds. The summed E-state index contributed by atoms with van der Waals surface area (Å²) < 4.78 is 0. The van der Waals surface area contributed by atoms with Gasteiger partial charge < -0.3 is 15.6 Å². The van der Waals surface area contributed by atoms with E-state index in [-0.39, 0.29) is 5.91 Å². The van der Waals surface area contributed by atoms with E-state index in [9.17, 15) is 4.79 Å². The molecule has 0 aliphatic rings. The summed E-state index contributed by atoms with van der Waals surface area (Å²) in [7, 11) is 0. The van der Waals surface area contributed by atoms with Gasteiger partial charge in [-0.1, -0.05) is 24.3 Å². The van der Waals surface area contributed by atoms with Gasteiger partial charge in [0, 0.05) is 30.2 Å². The molecule has 122 valence electrons. The predicted molar refractivity (Wildman–Crippen MR) is 95.1 cm³/mol. The lowest BCUT2D eigenvalue weighted by atomic mass is 10.1. The van der Waals surface area contributed by atoms with Gasteiger partial charge in [-0.3, -0.25) is 4.79 Å². The summed E-state index contributed by atoms with van der Waals surface area (Å²) in [4.78, 5) is 23.3. The van der Waals surface area contributed by atoms with Crippen molar-refractivity contribution in [3.8, 4) is 0 Å². The zero-order valence-corrected chi connectivity index (χ0v) is 13.2. The lowest BCUT2D eigenvalue weighted by molar-refractivity contribution is 0.0952. The summed E-state index contributed by atoms with van der Waals surface area (Å²) in [5, 5.41) is 7.12. The van der Waals surface area contributed by atoms with Crippen molar-refractivity contribution in [2.75, 3.05) is 18.4 Å². The van der Waals surface area contributed by atoms with Crippen LogP contribution in [0.1, 0.15) is 16.1 Å². The lowest BCUT2D eigenvalue weighted by Gasteiger charge is -2.06. The maximum Gasteiger partial charge on any atom is 0.271 e. The Bertz CT molecular complexity index is 838. The monoisotopic (exact) mass is 321 g/mol. The Morgan fingerprint density at radius 1 is 1.25 bits per heavy atom. The first-order valence-electron chi connectivity index (χ1n) is 7.78. The predicted octanol–water partition coefficient (Wildman–Crippen LogP) is 2.53. The van der Waals surface area contributed by atoms with Crippen LogP contribution in [0.2, 0.25) is 0 Å². The number of anilines is 1. The van der Waals surface area contributed by atoms with Crippen molar-refractivity contribution >= 4 is 22.6 Å². The van der Waals surface area contributed by atoms with Crippen LogP contribution in [0.5, 0.6) is 0 Å². The van der Waals surface area contributed by atoms with Crippen molar-refractivity contribution < 1.29 is 4.79 Å². The first-order chi connectivity index (χ1) is 11.8. The van der Waals surface area contributed by atoms with Gasteiger partial charge in [0.25, 0.3) is 5.91 Å². The second-order valence-corrected chi connectivity index (χ2v) is 5.32. The highest BCUT2D eigenvalue weighted by atomic mass is 16.1. The molecule has 0 atom stereocenters. The molecular weight excluding hydrogens is 302 g/mol. The van der Waals surface area contributed by atoms with Gasteiger partial charge in [-0.15, -0.1) is 6.58 Å². The van der Waals surface area contributed by atoms with E-state index in [2.05, 4.69) is 44.3 Å². The van der Waals surface area contributed by atoms with E-state index in [1.165, 1.54) is 17.1 Å². The van der Waals surface area contributed by atoms with Crippen molar-refractivity contribution in [2.45, 2.75) is 6.42 Å². The van der Waals surface area contributed by atoms with E-state index in [0.717, 1.165) is 18.5 Å². The molecule has 0 spiro atoms. The molecular formula is C18H19N5O. The maximum absolute atomic E-state index is 11.7. The largest absolute Gasteiger partial charge is 0.368 e. The molecule has 0 fully saturated rings. The average Bonchev–Trinajstić information content (AvgIpc) is 3.03. The molecule has 0 unspecified atom stereocenters. The SMILES string of the molecule is C=CCNC(=O)c1cnc(NCCc2c[nH]c3ccccc23)cn1.